The summed E-state index contributed by atoms with van der Waals surface area (Å²) in [6.45, 7) is 6.27. The maximum absolute atomic E-state index is 5.68. The number of ether oxygens (including phenoxy) is 2. The zero-order valence-electron chi connectivity index (χ0n) is 12.3. The van der Waals surface area contributed by atoms with E-state index in [1.165, 1.54) is 16.7 Å². The van der Waals surface area contributed by atoms with Crippen molar-refractivity contribution < 1.29 is 9.47 Å². The molecule has 2 nitrogen and oxygen atoms in total. The topological polar surface area (TPSA) is 18.5 Å². The van der Waals surface area contributed by atoms with Crippen molar-refractivity contribution in [3.63, 3.8) is 0 Å². The summed E-state index contributed by atoms with van der Waals surface area (Å²) in [7, 11) is 0. The Bertz CT molecular complexity index is 517. The predicted molar refractivity (Wildman–Crippen MR) is 82.1 cm³/mol. The molecule has 106 valence electrons. The molecule has 0 saturated heterocycles. The van der Waals surface area contributed by atoms with Crippen LogP contribution < -0.4 is 4.74 Å². The van der Waals surface area contributed by atoms with Crippen molar-refractivity contribution >= 4 is 0 Å². The van der Waals surface area contributed by atoms with Gasteiger partial charge in [0.2, 0.25) is 0 Å². The molecule has 2 rings (SSSR count). The Balaban J connectivity index is 1.60. The smallest absolute Gasteiger partial charge is 0.119 e. The molecular weight excluding hydrogens is 248 g/mol. The zero-order valence-corrected chi connectivity index (χ0v) is 12.3. The molecule has 0 fully saturated rings. The molecule has 0 heterocycles. The number of rotatable bonds is 7. The van der Waals surface area contributed by atoms with Crippen LogP contribution in [0.4, 0.5) is 0 Å². The van der Waals surface area contributed by atoms with E-state index in [1.54, 1.807) is 0 Å². The van der Waals surface area contributed by atoms with Crippen LogP contribution in [-0.2, 0) is 11.3 Å². The highest BCUT2D eigenvalue weighted by atomic mass is 16.5. The van der Waals surface area contributed by atoms with Gasteiger partial charge < -0.3 is 9.47 Å². The maximum atomic E-state index is 5.68. The third-order valence-corrected chi connectivity index (χ3v) is 3.24. The van der Waals surface area contributed by atoms with Gasteiger partial charge in [-0.05, 0) is 37.1 Å². The summed E-state index contributed by atoms with van der Waals surface area (Å²) in [5.41, 5.74) is 3.79. The van der Waals surface area contributed by atoms with Gasteiger partial charge in [-0.25, -0.2) is 0 Å². The molecule has 0 radical (unpaired) electrons. The lowest BCUT2D eigenvalue weighted by atomic mass is 10.1. The van der Waals surface area contributed by atoms with E-state index in [9.17, 15) is 0 Å². The zero-order chi connectivity index (χ0) is 14.2. The Labute approximate surface area is 121 Å². The Morgan fingerprint density at radius 1 is 0.850 bits per heavy atom. The molecule has 0 aromatic heterocycles. The first-order chi connectivity index (χ1) is 9.75. The van der Waals surface area contributed by atoms with Crippen molar-refractivity contribution in [2.45, 2.75) is 26.9 Å². The van der Waals surface area contributed by atoms with E-state index >= 15 is 0 Å². The quantitative estimate of drug-likeness (QED) is 0.699. The lowest BCUT2D eigenvalue weighted by Crippen LogP contribution is -2.03. The van der Waals surface area contributed by atoms with Gasteiger partial charge in [0.25, 0.3) is 0 Å². The molecule has 2 heteroatoms. The largest absolute Gasteiger partial charge is 0.494 e. The highest BCUT2D eigenvalue weighted by molar-refractivity contribution is 5.26. The summed E-state index contributed by atoms with van der Waals surface area (Å²) in [5, 5.41) is 0. The summed E-state index contributed by atoms with van der Waals surface area (Å²) in [5.74, 6) is 0.925. The van der Waals surface area contributed by atoms with Crippen molar-refractivity contribution in [3.8, 4) is 5.75 Å². The van der Waals surface area contributed by atoms with Gasteiger partial charge in [-0.3, -0.25) is 0 Å². The summed E-state index contributed by atoms with van der Waals surface area (Å²) >= 11 is 0. The van der Waals surface area contributed by atoms with Crippen LogP contribution in [0.25, 0.3) is 0 Å². The summed E-state index contributed by atoms with van der Waals surface area (Å²) in [4.78, 5) is 0. The van der Waals surface area contributed by atoms with Crippen molar-refractivity contribution in [1.82, 2.24) is 0 Å². The molecule has 0 bridgehead atoms. The third kappa shape index (κ3) is 4.71. The minimum absolute atomic E-state index is 0.678. The van der Waals surface area contributed by atoms with E-state index in [-0.39, 0.29) is 0 Å². The SMILES string of the molecule is Cc1ccc(OCCCOCc2ccccc2C)cc1. The van der Waals surface area contributed by atoms with Crippen LogP contribution in [0, 0.1) is 13.8 Å². The van der Waals surface area contributed by atoms with E-state index in [4.69, 9.17) is 9.47 Å². The molecule has 0 amide bonds. The minimum Gasteiger partial charge on any atom is -0.494 e. The summed E-state index contributed by atoms with van der Waals surface area (Å²) < 4.78 is 11.3. The fourth-order valence-corrected chi connectivity index (χ4v) is 1.94. The van der Waals surface area contributed by atoms with Crippen molar-refractivity contribution in [2.75, 3.05) is 13.2 Å². The minimum atomic E-state index is 0.678. The molecule has 0 aliphatic carbocycles. The van der Waals surface area contributed by atoms with Crippen LogP contribution in [0.1, 0.15) is 23.1 Å². The van der Waals surface area contributed by atoms with Crippen molar-refractivity contribution in [2.24, 2.45) is 0 Å². The van der Waals surface area contributed by atoms with Gasteiger partial charge in [-0.15, -0.1) is 0 Å². The van der Waals surface area contributed by atoms with Crippen molar-refractivity contribution in [3.05, 3.63) is 65.2 Å². The second-order valence-electron chi connectivity index (χ2n) is 4.99. The lowest BCUT2D eigenvalue weighted by Gasteiger charge is -2.08. The predicted octanol–water partition coefficient (Wildman–Crippen LogP) is 4.29. The average Bonchev–Trinajstić information content (AvgIpc) is 2.46. The molecule has 0 N–H and O–H groups in total. The molecule has 2 aromatic rings. The summed E-state index contributed by atoms with van der Waals surface area (Å²) in [6, 6.07) is 16.4. The highest BCUT2D eigenvalue weighted by Crippen LogP contribution is 2.12. The van der Waals surface area contributed by atoms with Gasteiger partial charge in [-0.2, -0.15) is 0 Å². The van der Waals surface area contributed by atoms with E-state index in [0.29, 0.717) is 13.2 Å². The lowest BCUT2D eigenvalue weighted by molar-refractivity contribution is 0.107. The van der Waals surface area contributed by atoms with Crippen LogP contribution in [0.5, 0.6) is 5.75 Å². The highest BCUT2D eigenvalue weighted by Gasteiger charge is 1.97. The Hall–Kier alpha value is -1.80. The van der Waals surface area contributed by atoms with Crippen molar-refractivity contribution in [1.29, 1.82) is 0 Å². The molecule has 0 aliphatic rings. The van der Waals surface area contributed by atoms with Gasteiger partial charge >= 0.3 is 0 Å². The normalized spacial score (nSPS) is 10.5. The molecule has 0 aliphatic heterocycles. The van der Waals surface area contributed by atoms with E-state index in [0.717, 1.165) is 18.8 Å². The molecule has 0 spiro atoms. The second kappa shape index (κ2) is 7.71. The molecule has 0 unspecified atom stereocenters. The van der Waals surface area contributed by atoms with Gasteiger partial charge in [0, 0.05) is 6.42 Å². The van der Waals surface area contributed by atoms with Gasteiger partial charge in [0.15, 0.2) is 0 Å². The number of benzene rings is 2. The Kier molecular flexibility index (Phi) is 5.63. The second-order valence-corrected chi connectivity index (χ2v) is 4.99. The number of aryl methyl sites for hydroxylation is 2. The number of hydrogen-bond donors (Lipinski definition) is 0. The molecule has 0 saturated carbocycles. The third-order valence-electron chi connectivity index (χ3n) is 3.24. The first kappa shape index (κ1) is 14.6. The molecule has 0 atom stereocenters. The first-order valence-corrected chi connectivity index (χ1v) is 7.07. The molecular formula is C18H22O2. The maximum Gasteiger partial charge on any atom is 0.119 e. The standard InChI is InChI=1S/C18H22O2/c1-15-8-10-18(11-9-15)20-13-5-12-19-14-17-7-4-3-6-16(17)2/h3-4,6-11H,5,12-14H2,1-2H3. The Morgan fingerprint density at radius 2 is 1.60 bits per heavy atom. The molecule has 2 aromatic carbocycles. The fourth-order valence-electron chi connectivity index (χ4n) is 1.94. The van der Waals surface area contributed by atoms with Crippen LogP contribution >= 0.6 is 0 Å². The van der Waals surface area contributed by atoms with Gasteiger partial charge in [0.05, 0.1) is 19.8 Å². The monoisotopic (exact) mass is 270 g/mol. The fraction of sp³-hybridized carbons (Fsp3) is 0.333. The first-order valence-electron chi connectivity index (χ1n) is 7.07. The molecule has 20 heavy (non-hydrogen) atoms. The van der Waals surface area contributed by atoms with Gasteiger partial charge in [-0.1, -0.05) is 42.0 Å². The van der Waals surface area contributed by atoms with Crippen LogP contribution in [0.3, 0.4) is 0 Å². The average molecular weight is 270 g/mol. The van der Waals surface area contributed by atoms with E-state index in [2.05, 4.69) is 38.1 Å². The van der Waals surface area contributed by atoms with Crippen LogP contribution in [-0.4, -0.2) is 13.2 Å². The van der Waals surface area contributed by atoms with Gasteiger partial charge in [0.1, 0.15) is 5.75 Å². The Morgan fingerprint density at radius 3 is 2.35 bits per heavy atom. The van der Waals surface area contributed by atoms with Crippen LogP contribution in [0.15, 0.2) is 48.5 Å². The van der Waals surface area contributed by atoms with E-state index < -0.39 is 0 Å². The summed E-state index contributed by atoms with van der Waals surface area (Å²) in [6.07, 6.45) is 0.903. The van der Waals surface area contributed by atoms with Crippen LogP contribution in [0.2, 0.25) is 0 Å². The van der Waals surface area contributed by atoms with E-state index in [1.807, 2.05) is 24.3 Å². The number of hydrogen-bond acceptors (Lipinski definition) is 2.